The highest BCUT2D eigenvalue weighted by molar-refractivity contribution is 5.18. The quantitative estimate of drug-likeness (QED) is 0.621. The maximum Gasteiger partial charge on any atom is 0.116 e. The molecular weight excluding hydrogens is 164 g/mol. The summed E-state index contributed by atoms with van der Waals surface area (Å²) < 4.78 is 10.7. The molecule has 1 aliphatic carbocycles. The lowest BCUT2D eigenvalue weighted by atomic mass is 9.85. The molecule has 1 aliphatic heterocycles. The Bertz CT molecular complexity index is 247. The van der Waals surface area contributed by atoms with Gasteiger partial charge in [0.1, 0.15) is 12.7 Å². The number of hydrogen-bond acceptors (Lipinski definition) is 2. The fourth-order valence-electron chi connectivity index (χ4n) is 1.45. The van der Waals surface area contributed by atoms with Crippen molar-refractivity contribution in [1.82, 2.24) is 0 Å². The van der Waals surface area contributed by atoms with Crippen molar-refractivity contribution >= 4 is 0 Å². The minimum Gasteiger partial charge on any atom is -0.495 e. The first kappa shape index (κ1) is 8.82. The monoisotopic (exact) mass is 180 g/mol. The van der Waals surface area contributed by atoms with Crippen LogP contribution in [0.5, 0.6) is 0 Å². The summed E-state index contributed by atoms with van der Waals surface area (Å²) in [5.41, 5.74) is 0.245. The van der Waals surface area contributed by atoms with E-state index in [0.717, 1.165) is 25.4 Å². The third-order valence-electron chi connectivity index (χ3n) is 2.32. The summed E-state index contributed by atoms with van der Waals surface area (Å²) in [6.45, 7) is 6.02. The van der Waals surface area contributed by atoms with Crippen LogP contribution in [0.2, 0.25) is 0 Å². The minimum atomic E-state index is 0.245. The van der Waals surface area contributed by atoms with Gasteiger partial charge in [-0.05, 0) is 11.5 Å². The van der Waals surface area contributed by atoms with Gasteiger partial charge in [0.25, 0.3) is 0 Å². The summed E-state index contributed by atoms with van der Waals surface area (Å²) in [6.07, 6.45) is 7.69. The van der Waals surface area contributed by atoms with Gasteiger partial charge in [0.15, 0.2) is 0 Å². The van der Waals surface area contributed by atoms with Crippen LogP contribution in [-0.2, 0) is 9.47 Å². The second kappa shape index (κ2) is 3.18. The van der Waals surface area contributed by atoms with Gasteiger partial charge in [-0.1, -0.05) is 26.0 Å². The summed E-state index contributed by atoms with van der Waals surface area (Å²) in [5.74, 6) is 1.09. The van der Waals surface area contributed by atoms with Crippen molar-refractivity contribution in [2.24, 2.45) is 5.41 Å². The molecule has 72 valence electrons. The van der Waals surface area contributed by atoms with E-state index in [-0.39, 0.29) is 5.41 Å². The van der Waals surface area contributed by atoms with E-state index >= 15 is 0 Å². The Morgan fingerprint density at radius 1 is 1.62 bits per heavy atom. The van der Waals surface area contributed by atoms with Crippen LogP contribution in [0.25, 0.3) is 0 Å². The molecule has 1 atom stereocenters. The average molecular weight is 180 g/mol. The number of epoxide rings is 1. The molecule has 0 spiro atoms. The normalized spacial score (nSPS) is 29.7. The smallest absolute Gasteiger partial charge is 0.116 e. The van der Waals surface area contributed by atoms with E-state index in [4.69, 9.17) is 9.47 Å². The third kappa shape index (κ3) is 2.59. The van der Waals surface area contributed by atoms with Crippen LogP contribution in [0.15, 0.2) is 24.0 Å². The van der Waals surface area contributed by atoms with Crippen LogP contribution < -0.4 is 0 Å². The van der Waals surface area contributed by atoms with E-state index in [1.54, 1.807) is 0 Å². The van der Waals surface area contributed by atoms with Crippen LogP contribution in [0.3, 0.4) is 0 Å². The standard InChI is InChI=1S/C11H16O2/c1-11(2)5-3-4-9(6-11)12-7-10-8-13-10/h3-5,10H,6-8H2,1-2H3. The summed E-state index contributed by atoms with van der Waals surface area (Å²) in [4.78, 5) is 0. The number of rotatable bonds is 3. The lowest BCUT2D eigenvalue weighted by molar-refractivity contribution is 0.161. The topological polar surface area (TPSA) is 21.8 Å². The first-order valence-electron chi connectivity index (χ1n) is 4.78. The van der Waals surface area contributed by atoms with E-state index in [1.165, 1.54) is 0 Å². The Hall–Kier alpha value is -0.760. The molecule has 0 amide bonds. The molecule has 1 unspecified atom stereocenters. The van der Waals surface area contributed by atoms with Gasteiger partial charge in [-0.15, -0.1) is 0 Å². The van der Waals surface area contributed by atoms with Crippen molar-refractivity contribution in [2.75, 3.05) is 13.2 Å². The van der Waals surface area contributed by atoms with Gasteiger partial charge < -0.3 is 9.47 Å². The predicted octanol–water partition coefficient (Wildman–Crippen LogP) is 2.27. The number of hydrogen-bond donors (Lipinski definition) is 0. The molecule has 1 saturated heterocycles. The van der Waals surface area contributed by atoms with Crippen LogP contribution in [0.1, 0.15) is 20.3 Å². The molecule has 2 heteroatoms. The second-order valence-corrected chi connectivity index (χ2v) is 4.42. The Balaban J connectivity index is 1.84. The first-order valence-corrected chi connectivity index (χ1v) is 4.78. The van der Waals surface area contributed by atoms with Gasteiger partial charge in [0.05, 0.1) is 12.4 Å². The van der Waals surface area contributed by atoms with Crippen LogP contribution in [0.4, 0.5) is 0 Å². The molecule has 2 rings (SSSR count). The zero-order valence-electron chi connectivity index (χ0n) is 8.25. The molecule has 0 aromatic carbocycles. The molecule has 0 radical (unpaired) electrons. The number of allylic oxidation sites excluding steroid dienone is 4. The Labute approximate surface area is 79.2 Å². The Morgan fingerprint density at radius 3 is 3.00 bits per heavy atom. The zero-order chi connectivity index (χ0) is 9.31. The van der Waals surface area contributed by atoms with Gasteiger partial charge in [0, 0.05) is 6.42 Å². The molecule has 1 fully saturated rings. The van der Waals surface area contributed by atoms with Gasteiger partial charge in [0.2, 0.25) is 0 Å². The van der Waals surface area contributed by atoms with Crippen molar-refractivity contribution in [1.29, 1.82) is 0 Å². The van der Waals surface area contributed by atoms with Crippen LogP contribution in [0, 0.1) is 5.41 Å². The highest BCUT2D eigenvalue weighted by Crippen LogP contribution is 2.31. The summed E-state index contributed by atoms with van der Waals surface area (Å²) >= 11 is 0. The molecule has 0 aromatic rings. The first-order chi connectivity index (χ1) is 6.16. The second-order valence-electron chi connectivity index (χ2n) is 4.42. The average Bonchev–Trinajstić information content (AvgIpc) is 2.82. The van der Waals surface area contributed by atoms with Crippen molar-refractivity contribution in [3.05, 3.63) is 24.0 Å². The Morgan fingerprint density at radius 2 is 2.38 bits per heavy atom. The van der Waals surface area contributed by atoms with E-state index in [0.29, 0.717) is 6.10 Å². The SMILES string of the molecule is CC1(C)C=CC=C(OCC2CO2)C1. The van der Waals surface area contributed by atoms with E-state index in [9.17, 15) is 0 Å². The zero-order valence-corrected chi connectivity index (χ0v) is 8.25. The predicted molar refractivity (Wildman–Crippen MR) is 51.3 cm³/mol. The third-order valence-corrected chi connectivity index (χ3v) is 2.32. The molecule has 0 bridgehead atoms. The highest BCUT2D eigenvalue weighted by Gasteiger charge is 2.25. The fraction of sp³-hybridized carbons (Fsp3) is 0.636. The van der Waals surface area contributed by atoms with E-state index in [1.807, 2.05) is 6.08 Å². The Kier molecular flexibility index (Phi) is 2.16. The lowest BCUT2D eigenvalue weighted by Gasteiger charge is -2.24. The molecule has 0 N–H and O–H groups in total. The minimum absolute atomic E-state index is 0.245. The molecular formula is C11H16O2. The van der Waals surface area contributed by atoms with Gasteiger partial charge in [-0.25, -0.2) is 0 Å². The molecule has 13 heavy (non-hydrogen) atoms. The molecule has 0 aromatic heterocycles. The summed E-state index contributed by atoms with van der Waals surface area (Å²) in [5, 5.41) is 0. The molecule has 2 nitrogen and oxygen atoms in total. The van der Waals surface area contributed by atoms with E-state index < -0.39 is 0 Å². The van der Waals surface area contributed by atoms with Gasteiger partial charge in [-0.2, -0.15) is 0 Å². The van der Waals surface area contributed by atoms with Crippen molar-refractivity contribution < 1.29 is 9.47 Å². The van der Waals surface area contributed by atoms with Crippen molar-refractivity contribution in [3.8, 4) is 0 Å². The number of ether oxygens (including phenoxy) is 2. The van der Waals surface area contributed by atoms with Crippen molar-refractivity contribution in [3.63, 3.8) is 0 Å². The van der Waals surface area contributed by atoms with E-state index in [2.05, 4.69) is 26.0 Å². The summed E-state index contributed by atoms with van der Waals surface area (Å²) in [6, 6.07) is 0. The highest BCUT2D eigenvalue weighted by atomic mass is 16.6. The summed E-state index contributed by atoms with van der Waals surface area (Å²) in [7, 11) is 0. The van der Waals surface area contributed by atoms with Gasteiger partial charge in [-0.3, -0.25) is 0 Å². The maximum atomic E-state index is 5.63. The van der Waals surface area contributed by atoms with Crippen LogP contribution >= 0.6 is 0 Å². The lowest BCUT2D eigenvalue weighted by Crippen LogP contribution is -2.14. The maximum absolute atomic E-state index is 5.63. The van der Waals surface area contributed by atoms with Crippen LogP contribution in [-0.4, -0.2) is 19.3 Å². The largest absolute Gasteiger partial charge is 0.495 e. The van der Waals surface area contributed by atoms with Crippen molar-refractivity contribution in [2.45, 2.75) is 26.4 Å². The molecule has 2 aliphatic rings. The molecule has 1 heterocycles. The van der Waals surface area contributed by atoms with Gasteiger partial charge >= 0.3 is 0 Å². The molecule has 0 saturated carbocycles. The fourth-order valence-corrected chi connectivity index (χ4v) is 1.45.